The molecule has 0 unspecified atom stereocenters. The largest absolute Gasteiger partial charge is 0.487 e. The van der Waals surface area contributed by atoms with Crippen molar-refractivity contribution < 1.29 is 9.47 Å². The average molecular weight is 475 g/mol. The molecule has 0 N–H and O–H groups in total. The fourth-order valence-electron chi connectivity index (χ4n) is 4.55. The fraction of sp³-hybridized carbons (Fsp3) is 0.286. The predicted octanol–water partition coefficient (Wildman–Crippen LogP) is 8.85. The summed E-state index contributed by atoms with van der Waals surface area (Å²) in [6, 6.07) is 19.4. The van der Waals surface area contributed by atoms with Crippen LogP contribution in [0.15, 0.2) is 59.1 Å². The lowest BCUT2D eigenvalue weighted by atomic mass is 9.89. The van der Waals surface area contributed by atoms with Gasteiger partial charge in [0.15, 0.2) is 0 Å². The molecule has 0 spiro atoms. The van der Waals surface area contributed by atoms with Gasteiger partial charge in [0.05, 0.1) is 0 Å². The van der Waals surface area contributed by atoms with Crippen LogP contribution in [-0.2, 0) is 0 Å². The van der Waals surface area contributed by atoms with Gasteiger partial charge in [0.2, 0.25) is 0 Å². The van der Waals surface area contributed by atoms with Crippen LogP contribution in [0.3, 0.4) is 0 Å². The smallest absolute Gasteiger partial charge is 0.129 e. The molecule has 0 bridgehead atoms. The fourth-order valence-corrected chi connectivity index (χ4v) is 5.08. The summed E-state index contributed by atoms with van der Waals surface area (Å²) in [4.78, 5) is 0. The summed E-state index contributed by atoms with van der Waals surface area (Å²) in [6.45, 7) is 12.6. The highest BCUT2D eigenvalue weighted by Gasteiger charge is 2.23. The van der Waals surface area contributed by atoms with Crippen molar-refractivity contribution in [3.63, 3.8) is 0 Å². The van der Waals surface area contributed by atoms with Crippen LogP contribution in [0, 0.1) is 0 Å². The predicted molar refractivity (Wildman–Crippen MR) is 136 cm³/mol. The first kappa shape index (κ1) is 20.4. The van der Waals surface area contributed by atoms with Gasteiger partial charge in [-0.1, -0.05) is 58.4 Å². The lowest BCUT2D eigenvalue weighted by Gasteiger charge is -2.26. The number of rotatable bonds is 2. The van der Waals surface area contributed by atoms with Crippen molar-refractivity contribution >= 4 is 59.0 Å². The summed E-state index contributed by atoms with van der Waals surface area (Å²) in [5.41, 5.74) is -0.588. The summed E-state index contributed by atoms with van der Waals surface area (Å²) >= 11 is 3.81. The molecular formula is C28H27BrO2. The second-order valence-corrected chi connectivity index (χ2v) is 11.1. The number of benzene rings is 5. The Labute approximate surface area is 191 Å². The molecule has 0 radical (unpaired) electrons. The number of fused-ring (bicyclic) bond motifs is 2. The first-order valence-electron chi connectivity index (χ1n) is 10.7. The molecular weight excluding hydrogens is 448 g/mol. The Morgan fingerprint density at radius 2 is 1.13 bits per heavy atom. The molecule has 0 amide bonds. The van der Waals surface area contributed by atoms with Gasteiger partial charge in [-0.25, -0.2) is 0 Å². The van der Waals surface area contributed by atoms with E-state index in [0.717, 1.165) is 21.4 Å². The minimum absolute atomic E-state index is 0.287. The van der Waals surface area contributed by atoms with Gasteiger partial charge < -0.3 is 9.47 Å². The van der Waals surface area contributed by atoms with E-state index < -0.39 is 0 Å². The molecule has 0 saturated carbocycles. The normalized spacial score (nSPS) is 13.0. The van der Waals surface area contributed by atoms with Crippen molar-refractivity contribution in [1.29, 1.82) is 0 Å². The summed E-state index contributed by atoms with van der Waals surface area (Å²) < 4.78 is 14.0. The third kappa shape index (κ3) is 3.40. The van der Waals surface area contributed by atoms with E-state index in [0.29, 0.717) is 0 Å². The van der Waals surface area contributed by atoms with Crippen LogP contribution in [0.1, 0.15) is 41.5 Å². The Morgan fingerprint density at radius 1 is 0.581 bits per heavy atom. The Balaban J connectivity index is 2.06. The Kier molecular flexibility index (Phi) is 4.43. The van der Waals surface area contributed by atoms with Crippen molar-refractivity contribution in [1.82, 2.24) is 0 Å². The van der Waals surface area contributed by atoms with Crippen LogP contribution in [0.25, 0.3) is 43.1 Å². The van der Waals surface area contributed by atoms with Gasteiger partial charge in [-0.05, 0) is 75.2 Å². The molecule has 0 heterocycles. The van der Waals surface area contributed by atoms with E-state index in [9.17, 15) is 0 Å². The van der Waals surface area contributed by atoms with Gasteiger partial charge in [0, 0.05) is 26.0 Å². The molecule has 0 aliphatic heterocycles. The monoisotopic (exact) mass is 474 g/mol. The van der Waals surface area contributed by atoms with E-state index in [4.69, 9.17) is 9.47 Å². The second-order valence-electron chi connectivity index (χ2n) is 10.2. The highest BCUT2D eigenvalue weighted by atomic mass is 79.9. The maximum Gasteiger partial charge on any atom is 0.129 e. The van der Waals surface area contributed by atoms with Crippen LogP contribution in [0.2, 0.25) is 0 Å². The molecule has 0 saturated heterocycles. The topological polar surface area (TPSA) is 18.5 Å². The summed E-state index contributed by atoms with van der Waals surface area (Å²) in [6.07, 6.45) is 0. The first-order chi connectivity index (χ1) is 14.5. The number of hydrogen-bond donors (Lipinski definition) is 0. The molecule has 158 valence electrons. The van der Waals surface area contributed by atoms with E-state index in [1.807, 2.05) is 0 Å². The van der Waals surface area contributed by atoms with Gasteiger partial charge in [0.25, 0.3) is 0 Å². The molecule has 5 aromatic rings. The average Bonchev–Trinajstić information content (AvgIpc) is 2.66. The van der Waals surface area contributed by atoms with Crippen LogP contribution in [-0.4, -0.2) is 11.2 Å². The summed E-state index contributed by atoms with van der Waals surface area (Å²) in [5.74, 6) is 1.82. The van der Waals surface area contributed by atoms with Gasteiger partial charge >= 0.3 is 0 Å². The number of hydrogen-bond acceptors (Lipinski definition) is 2. The van der Waals surface area contributed by atoms with Gasteiger partial charge in [-0.15, -0.1) is 0 Å². The molecule has 0 aliphatic carbocycles. The van der Waals surface area contributed by atoms with E-state index in [1.54, 1.807) is 0 Å². The standard InChI is InChI=1S/C28H27BrO2/c1-27(2,3)30-21-14-13-16-9-7-11-18-23(16)25(21)19-12-8-10-17-20(29)15-22(26(18)24(17)19)31-28(4,5)6/h7-15H,1-6H3. The maximum atomic E-state index is 6.50. The van der Waals surface area contributed by atoms with Gasteiger partial charge in [-0.3, -0.25) is 0 Å². The van der Waals surface area contributed by atoms with E-state index in [1.165, 1.54) is 37.7 Å². The second kappa shape index (κ2) is 6.74. The summed E-state index contributed by atoms with van der Waals surface area (Å²) in [7, 11) is 0. The van der Waals surface area contributed by atoms with Gasteiger partial charge in [-0.2, -0.15) is 0 Å². The zero-order valence-electron chi connectivity index (χ0n) is 18.9. The zero-order chi connectivity index (χ0) is 22.1. The quantitative estimate of drug-likeness (QED) is 0.188. The minimum Gasteiger partial charge on any atom is -0.487 e. The number of ether oxygens (including phenoxy) is 2. The minimum atomic E-state index is -0.302. The van der Waals surface area contributed by atoms with Crippen molar-refractivity contribution in [2.24, 2.45) is 0 Å². The van der Waals surface area contributed by atoms with Crippen LogP contribution >= 0.6 is 15.9 Å². The van der Waals surface area contributed by atoms with Gasteiger partial charge in [0.1, 0.15) is 22.7 Å². The molecule has 3 heteroatoms. The molecule has 0 atom stereocenters. The van der Waals surface area contributed by atoms with E-state index in [2.05, 4.69) is 112 Å². The highest BCUT2D eigenvalue weighted by molar-refractivity contribution is 9.10. The van der Waals surface area contributed by atoms with Crippen LogP contribution in [0.5, 0.6) is 11.5 Å². The molecule has 0 aromatic heterocycles. The molecule has 5 aromatic carbocycles. The molecule has 2 nitrogen and oxygen atoms in total. The molecule has 31 heavy (non-hydrogen) atoms. The highest BCUT2D eigenvalue weighted by Crippen LogP contribution is 2.49. The van der Waals surface area contributed by atoms with Crippen molar-refractivity contribution in [2.45, 2.75) is 52.7 Å². The molecule has 5 rings (SSSR count). The van der Waals surface area contributed by atoms with Crippen molar-refractivity contribution in [3.8, 4) is 11.5 Å². The molecule has 0 fully saturated rings. The molecule has 0 aliphatic rings. The van der Waals surface area contributed by atoms with E-state index in [-0.39, 0.29) is 11.2 Å². The SMILES string of the molecule is CC(C)(C)Oc1ccc2cccc3c4c(OC(C)(C)C)cc(Br)c5cccc(c1c23)c54. The third-order valence-corrected chi connectivity index (χ3v) is 6.11. The van der Waals surface area contributed by atoms with Crippen LogP contribution in [0.4, 0.5) is 0 Å². The lowest BCUT2D eigenvalue weighted by Crippen LogP contribution is -2.23. The third-order valence-electron chi connectivity index (χ3n) is 5.45. The number of halogens is 1. The van der Waals surface area contributed by atoms with Crippen molar-refractivity contribution in [2.75, 3.05) is 0 Å². The van der Waals surface area contributed by atoms with Crippen molar-refractivity contribution in [3.05, 3.63) is 59.1 Å². The Bertz CT molecular complexity index is 1450. The van der Waals surface area contributed by atoms with Crippen LogP contribution < -0.4 is 9.47 Å². The maximum absolute atomic E-state index is 6.50. The zero-order valence-corrected chi connectivity index (χ0v) is 20.5. The van der Waals surface area contributed by atoms with E-state index >= 15 is 0 Å². The Morgan fingerprint density at radius 3 is 1.81 bits per heavy atom. The summed E-state index contributed by atoms with van der Waals surface area (Å²) in [5, 5.41) is 9.54. The lowest BCUT2D eigenvalue weighted by molar-refractivity contribution is 0.132. The first-order valence-corrected chi connectivity index (χ1v) is 11.5. The Hall–Kier alpha value is -2.52.